The Bertz CT molecular complexity index is 1220. The van der Waals surface area contributed by atoms with Crippen LogP contribution in [0.4, 0.5) is 5.95 Å². The quantitative estimate of drug-likeness (QED) is 0.436. The van der Waals surface area contributed by atoms with Gasteiger partial charge >= 0.3 is 0 Å². The molecule has 33 heavy (non-hydrogen) atoms. The van der Waals surface area contributed by atoms with E-state index < -0.39 is 0 Å². The monoisotopic (exact) mass is 441 g/mol. The van der Waals surface area contributed by atoms with Crippen molar-refractivity contribution in [1.29, 1.82) is 0 Å². The van der Waals surface area contributed by atoms with E-state index in [1.165, 1.54) is 0 Å². The van der Waals surface area contributed by atoms with Crippen LogP contribution in [0.25, 0.3) is 22.6 Å². The molecule has 0 aliphatic carbocycles. The number of anilines is 1. The van der Waals surface area contributed by atoms with Gasteiger partial charge in [0, 0.05) is 44.9 Å². The predicted octanol–water partition coefficient (Wildman–Crippen LogP) is 4.42. The molecule has 2 aromatic carbocycles. The Morgan fingerprint density at radius 2 is 1.79 bits per heavy atom. The van der Waals surface area contributed by atoms with Crippen LogP contribution in [0.2, 0.25) is 0 Å². The molecule has 168 valence electrons. The van der Waals surface area contributed by atoms with Crippen molar-refractivity contribution in [2.45, 2.75) is 26.3 Å². The molecular weight excluding hydrogens is 414 g/mol. The lowest BCUT2D eigenvalue weighted by molar-refractivity contribution is -0.121. The molecule has 2 heterocycles. The zero-order chi connectivity index (χ0) is 23.2. The number of hydrogen-bond acceptors (Lipinski definition) is 6. The van der Waals surface area contributed by atoms with Crippen LogP contribution in [0.1, 0.15) is 23.2 Å². The first-order valence-electron chi connectivity index (χ1n) is 10.9. The summed E-state index contributed by atoms with van der Waals surface area (Å²) in [6, 6.07) is 19.9. The molecule has 7 nitrogen and oxygen atoms in total. The summed E-state index contributed by atoms with van der Waals surface area (Å²) in [7, 11) is 3.81. The number of nitrogens with one attached hydrogen (secondary N) is 1. The summed E-state index contributed by atoms with van der Waals surface area (Å²) < 4.78 is 5.47. The van der Waals surface area contributed by atoms with Crippen LogP contribution in [-0.4, -0.2) is 35.1 Å². The number of hydrogen-bond donors (Lipinski definition) is 1. The third kappa shape index (κ3) is 5.63. The van der Waals surface area contributed by atoms with Crippen LogP contribution in [0.5, 0.6) is 0 Å². The summed E-state index contributed by atoms with van der Waals surface area (Å²) in [5.74, 6) is 1.28. The highest BCUT2D eigenvalue weighted by Crippen LogP contribution is 2.31. The number of benzene rings is 2. The molecule has 0 aliphatic heterocycles. The van der Waals surface area contributed by atoms with Crippen molar-refractivity contribution >= 4 is 11.9 Å². The largest absolute Gasteiger partial charge is 0.356 e. The zero-order valence-electron chi connectivity index (χ0n) is 19.1. The molecule has 0 bridgehead atoms. The van der Waals surface area contributed by atoms with Crippen molar-refractivity contribution in [2.75, 3.05) is 19.0 Å². The summed E-state index contributed by atoms with van der Waals surface area (Å²) in [4.78, 5) is 23.3. The highest BCUT2D eigenvalue weighted by atomic mass is 16.5. The van der Waals surface area contributed by atoms with Crippen LogP contribution in [0.15, 0.2) is 71.4 Å². The zero-order valence-corrected chi connectivity index (χ0v) is 19.1. The molecule has 0 spiro atoms. The lowest BCUT2D eigenvalue weighted by Gasteiger charge is -2.14. The van der Waals surface area contributed by atoms with Crippen molar-refractivity contribution < 1.29 is 9.32 Å². The SMILES string of the molecule is Cc1cc(-c2cnc(N(C)C)nc2-c2ccc(CNC(=O)CCc3ccccc3)cc2)on1. The minimum Gasteiger partial charge on any atom is -0.356 e. The number of carbonyl (C=O) groups is 1. The van der Waals surface area contributed by atoms with Crippen molar-refractivity contribution in [3.63, 3.8) is 0 Å². The van der Waals surface area contributed by atoms with E-state index in [1.807, 2.05) is 86.6 Å². The average Bonchev–Trinajstić information content (AvgIpc) is 3.28. The molecule has 4 aromatic rings. The summed E-state index contributed by atoms with van der Waals surface area (Å²) in [6.45, 7) is 2.36. The lowest BCUT2D eigenvalue weighted by atomic mass is 10.0. The Morgan fingerprint density at radius 1 is 1.03 bits per heavy atom. The number of aromatic nitrogens is 3. The number of carbonyl (C=O) groups excluding carboxylic acids is 1. The normalized spacial score (nSPS) is 10.8. The van der Waals surface area contributed by atoms with Gasteiger partial charge in [0.1, 0.15) is 0 Å². The maximum Gasteiger partial charge on any atom is 0.225 e. The predicted molar refractivity (Wildman–Crippen MR) is 129 cm³/mol. The molecule has 0 fully saturated rings. The van der Waals surface area contributed by atoms with Gasteiger partial charge in [0.15, 0.2) is 5.76 Å². The first kappa shape index (κ1) is 22.2. The van der Waals surface area contributed by atoms with Gasteiger partial charge in [-0.25, -0.2) is 9.97 Å². The molecule has 1 N–H and O–H groups in total. The van der Waals surface area contributed by atoms with Crippen LogP contribution in [-0.2, 0) is 17.8 Å². The third-order valence-corrected chi connectivity index (χ3v) is 5.27. The summed E-state index contributed by atoms with van der Waals surface area (Å²) >= 11 is 0. The van der Waals surface area contributed by atoms with E-state index in [4.69, 9.17) is 9.51 Å². The molecule has 1 amide bonds. The van der Waals surface area contributed by atoms with Gasteiger partial charge in [0.25, 0.3) is 0 Å². The molecule has 0 saturated heterocycles. The standard InChI is InChI=1S/C26H27N5O2/c1-18-15-23(33-30-18)22-17-28-26(31(2)3)29-25(22)21-12-9-20(10-13-21)16-27-24(32)14-11-19-7-5-4-6-8-19/h4-10,12-13,15,17H,11,14,16H2,1-3H3,(H,27,32). The Kier molecular flexibility index (Phi) is 6.78. The molecule has 0 atom stereocenters. The van der Waals surface area contributed by atoms with Gasteiger partial charge in [-0.15, -0.1) is 0 Å². The maximum atomic E-state index is 12.2. The molecule has 0 aliphatic rings. The van der Waals surface area contributed by atoms with Crippen molar-refractivity contribution in [2.24, 2.45) is 0 Å². The van der Waals surface area contributed by atoms with E-state index in [2.05, 4.69) is 15.5 Å². The van der Waals surface area contributed by atoms with E-state index >= 15 is 0 Å². The van der Waals surface area contributed by atoms with Crippen LogP contribution in [0, 0.1) is 6.92 Å². The smallest absolute Gasteiger partial charge is 0.225 e. The molecule has 4 rings (SSSR count). The maximum absolute atomic E-state index is 12.2. The molecule has 0 unspecified atom stereocenters. The number of rotatable bonds is 8. The molecule has 7 heteroatoms. The lowest BCUT2D eigenvalue weighted by Crippen LogP contribution is -2.22. The first-order valence-corrected chi connectivity index (χ1v) is 10.9. The second-order valence-electron chi connectivity index (χ2n) is 8.12. The van der Waals surface area contributed by atoms with Gasteiger partial charge in [-0.05, 0) is 24.5 Å². The Morgan fingerprint density at radius 3 is 2.45 bits per heavy atom. The number of amides is 1. The number of nitrogens with zero attached hydrogens (tertiary/aromatic N) is 4. The van der Waals surface area contributed by atoms with E-state index in [9.17, 15) is 4.79 Å². The minimum absolute atomic E-state index is 0.0392. The summed E-state index contributed by atoms with van der Waals surface area (Å²) in [5, 5.41) is 6.99. The fraction of sp³-hybridized carbons (Fsp3) is 0.231. The Hall–Kier alpha value is -4.00. The molecule has 0 saturated carbocycles. The molecule has 0 radical (unpaired) electrons. The van der Waals surface area contributed by atoms with Crippen LogP contribution < -0.4 is 10.2 Å². The molecule has 2 aromatic heterocycles. The van der Waals surface area contributed by atoms with Crippen molar-refractivity contribution in [3.8, 4) is 22.6 Å². The third-order valence-electron chi connectivity index (χ3n) is 5.27. The second-order valence-corrected chi connectivity index (χ2v) is 8.12. The highest BCUT2D eigenvalue weighted by molar-refractivity contribution is 5.79. The van der Waals surface area contributed by atoms with E-state index in [0.717, 1.165) is 40.1 Å². The fourth-order valence-corrected chi connectivity index (χ4v) is 3.45. The summed E-state index contributed by atoms with van der Waals surface area (Å²) in [5.41, 5.74) is 5.46. The van der Waals surface area contributed by atoms with Gasteiger partial charge in [0.2, 0.25) is 11.9 Å². The molecular formula is C26H27N5O2. The average molecular weight is 442 g/mol. The van der Waals surface area contributed by atoms with Gasteiger partial charge in [0.05, 0.1) is 17.0 Å². The van der Waals surface area contributed by atoms with Crippen LogP contribution in [0.3, 0.4) is 0 Å². The van der Waals surface area contributed by atoms with E-state index in [1.54, 1.807) is 6.20 Å². The van der Waals surface area contributed by atoms with Crippen molar-refractivity contribution in [3.05, 3.63) is 83.7 Å². The number of aryl methyl sites for hydroxylation is 2. The van der Waals surface area contributed by atoms with Crippen LogP contribution >= 0.6 is 0 Å². The van der Waals surface area contributed by atoms with Crippen molar-refractivity contribution in [1.82, 2.24) is 20.4 Å². The highest BCUT2D eigenvalue weighted by Gasteiger charge is 2.16. The fourth-order valence-electron chi connectivity index (χ4n) is 3.45. The van der Waals surface area contributed by atoms with Gasteiger partial charge in [-0.2, -0.15) is 0 Å². The van der Waals surface area contributed by atoms with E-state index in [0.29, 0.717) is 24.7 Å². The second kappa shape index (κ2) is 10.1. The van der Waals surface area contributed by atoms with Gasteiger partial charge < -0.3 is 14.7 Å². The first-order chi connectivity index (χ1) is 16.0. The Labute approximate surface area is 193 Å². The van der Waals surface area contributed by atoms with Gasteiger partial charge in [-0.1, -0.05) is 59.8 Å². The minimum atomic E-state index is 0.0392. The Balaban J connectivity index is 1.46. The summed E-state index contributed by atoms with van der Waals surface area (Å²) in [6.07, 6.45) is 2.96. The van der Waals surface area contributed by atoms with E-state index in [-0.39, 0.29) is 5.91 Å². The topological polar surface area (TPSA) is 84.2 Å². The van der Waals surface area contributed by atoms with Gasteiger partial charge in [-0.3, -0.25) is 4.79 Å².